The van der Waals surface area contributed by atoms with E-state index in [2.05, 4.69) is 15.3 Å². The number of aromatic nitrogens is 2. The summed E-state index contributed by atoms with van der Waals surface area (Å²) in [5.41, 5.74) is 0. The van der Waals surface area contributed by atoms with Gasteiger partial charge in [-0.2, -0.15) is 4.98 Å². The van der Waals surface area contributed by atoms with Crippen molar-refractivity contribution in [3.05, 3.63) is 12.3 Å². The third-order valence-corrected chi connectivity index (χ3v) is 2.71. The normalized spacial score (nSPS) is 14.7. The molecule has 2 rings (SSSR count). The third kappa shape index (κ3) is 3.85. The highest BCUT2D eigenvalue weighted by Crippen LogP contribution is 2.18. The largest absolute Gasteiger partial charge is 0.478 e. The molecular weight excluding hydrogens is 216 g/mol. The van der Waals surface area contributed by atoms with Crippen LogP contribution in [-0.4, -0.2) is 42.8 Å². The van der Waals surface area contributed by atoms with Gasteiger partial charge in [0.2, 0.25) is 11.8 Å². The molecule has 0 unspecified atom stereocenters. The van der Waals surface area contributed by atoms with E-state index in [1.165, 1.54) is 12.8 Å². The van der Waals surface area contributed by atoms with Gasteiger partial charge in [0.1, 0.15) is 0 Å². The zero-order valence-electron chi connectivity index (χ0n) is 10.5. The van der Waals surface area contributed by atoms with Crippen LogP contribution in [0.15, 0.2) is 12.3 Å². The molecule has 0 radical (unpaired) electrons. The van der Waals surface area contributed by atoms with Gasteiger partial charge in [-0.15, -0.1) is 0 Å². The molecule has 0 amide bonds. The van der Waals surface area contributed by atoms with E-state index in [1.807, 2.05) is 18.9 Å². The van der Waals surface area contributed by atoms with Crippen LogP contribution in [0.2, 0.25) is 0 Å². The van der Waals surface area contributed by atoms with Crippen LogP contribution in [0.3, 0.4) is 0 Å². The van der Waals surface area contributed by atoms with Gasteiger partial charge < -0.3 is 15.0 Å². The third-order valence-electron chi connectivity index (χ3n) is 2.71. The summed E-state index contributed by atoms with van der Waals surface area (Å²) in [5.74, 6) is 1.35. The summed E-state index contributed by atoms with van der Waals surface area (Å²) in [6, 6.07) is 2.53. The van der Waals surface area contributed by atoms with Crippen molar-refractivity contribution in [2.24, 2.45) is 0 Å². The average Bonchev–Trinajstić information content (AvgIpc) is 3.14. The van der Waals surface area contributed by atoms with Gasteiger partial charge in [-0.05, 0) is 19.8 Å². The van der Waals surface area contributed by atoms with Crippen LogP contribution < -0.4 is 15.0 Å². The lowest BCUT2D eigenvalue weighted by molar-refractivity contribution is 0.326. The van der Waals surface area contributed by atoms with Crippen LogP contribution in [0.5, 0.6) is 5.88 Å². The van der Waals surface area contributed by atoms with Gasteiger partial charge in [0.15, 0.2) is 0 Å². The smallest absolute Gasteiger partial charge is 0.228 e. The molecule has 0 aromatic carbocycles. The van der Waals surface area contributed by atoms with Crippen molar-refractivity contribution in [2.75, 3.05) is 31.6 Å². The van der Waals surface area contributed by atoms with Gasteiger partial charge in [0, 0.05) is 38.4 Å². The Morgan fingerprint density at radius 3 is 3.06 bits per heavy atom. The van der Waals surface area contributed by atoms with Crippen LogP contribution in [0.4, 0.5) is 5.95 Å². The summed E-state index contributed by atoms with van der Waals surface area (Å²) in [6.45, 7) is 4.46. The molecule has 5 nitrogen and oxygen atoms in total. The summed E-state index contributed by atoms with van der Waals surface area (Å²) in [4.78, 5) is 10.6. The molecule has 1 saturated carbocycles. The van der Waals surface area contributed by atoms with Crippen molar-refractivity contribution in [1.29, 1.82) is 0 Å². The molecule has 1 fully saturated rings. The highest BCUT2D eigenvalue weighted by molar-refractivity contribution is 5.30. The van der Waals surface area contributed by atoms with Crippen LogP contribution in [0.1, 0.15) is 19.8 Å². The predicted octanol–water partition coefficient (Wildman–Crippen LogP) is 1.06. The van der Waals surface area contributed by atoms with E-state index >= 15 is 0 Å². The van der Waals surface area contributed by atoms with Crippen molar-refractivity contribution >= 4 is 5.95 Å². The predicted molar refractivity (Wildman–Crippen MR) is 67.5 cm³/mol. The molecule has 0 saturated heterocycles. The van der Waals surface area contributed by atoms with E-state index in [0.29, 0.717) is 18.4 Å². The number of anilines is 1. The zero-order valence-corrected chi connectivity index (χ0v) is 10.5. The lowest BCUT2D eigenvalue weighted by Crippen LogP contribution is -2.31. The lowest BCUT2D eigenvalue weighted by Gasteiger charge is -2.17. The van der Waals surface area contributed by atoms with E-state index < -0.39 is 0 Å². The van der Waals surface area contributed by atoms with Crippen molar-refractivity contribution < 1.29 is 4.74 Å². The van der Waals surface area contributed by atoms with E-state index in [1.54, 1.807) is 12.3 Å². The first-order valence-electron chi connectivity index (χ1n) is 6.20. The summed E-state index contributed by atoms with van der Waals surface area (Å²) in [6.07, 6.45) is 4.37. The second-order valence-corrected chi connectivity index (χ2v) is 4.28. The summed E-state index contributed by atoms with van der Waals surface area (Å²) >= 11 is 0. The Morgan fingerprint density at radius 2 is 2.35 bits per heavy atom. The number of rotatable bonds is 7. The molecular formula is C12H20N4O. The second-order valence-electron chi connectivity index (χ2n) is 4.28. The average molecular weight is 236 g/mol. The molecule has 1 aliphatic carbocycles. The summed E-state index contributed by atoms with van der Waals surface area (Å²) < 4.78 is 5.36. The molecule has 1 aliphatic rings. The second kappa shape index (κ2) is 5.82. The molecule has 0 spiro atoms. The number of nitrogens with one attached hydrogen (secondary N) is 1. The Hall–Kier alpha value is -1.36. The molecule has 1 aromatic heterocycles. The standard InChI is InChI=1S/C12H20N4O/c1-3-17-11-6-7-14-12(15-11)16(2)9-8-13-10-4-5-10/h6-7,10,13H,3-5,8-9H2,1-2H3. The Balaban J connectivity index is 1.83. The number of hydrogen-bond donors (Lipinski definition) is 1. The highest BCUT2D eigenvalue weighted by atomic mass is 16.5. The van der Waals surface area contributed by atoms with E-state index in [4.69, 9.17) is 4.74 Å². The van der Waals surface area contributed by atoms with Crippen LogP contribution in [-0.2, 0) is 0 Å². The molecule has 17 heavy (non-hydrogen) atoms. The Bertz CT molecular complexity index is 354. The molecule has 0 atom stereocenters. The minimum absolute atomic E-state index is 0.628. The SMILES string of the molecule is CCOc1ccnc(N(C)CCNC2CC2)n1. The van der Waals surface area contributed by atoms with E-state index in [-0.39, 0.29) is 0 Å². The van der Waals surface area contributed by atoms with Crippen molar-refractivity contribution in [3.8, 4) is 5.88 Å². The lowest BCUT2D eigenvalue weighted by atomic mass is 10.5. The minimum Gasteiger partial charge on any atom is -0.478 e. The van der Waals surface area contributed by atoms with Gasteiger partial charge in [-0.25, -0.2) is 4.98 Å². The van der Waals surface area contributed by atoms with Crippen molar-refractivity contribution in [1.82, 2.24) is 15.3 Å². The van der Waals surface area contributed by atoms with Crippen LogP contribution in [0.25, 0.3) is 0 Å². The van der Waals surface area contributed by atoms with Crippen molar-refractivity contribution in [3.63, 3.8) is 0 Å². The maximum absolute atomic E-state index is 5.36. The van der Waals surface area contributed by atoms with E-state index in [9.17, 15) is 0 Å². The number of nitrogens with zero attached hydrogens (tertiary/aromatic N) is 3. The number of ether oxygens (including phenoxy) is 1. The molecule has 94 valence electrons. The first-order valence-corrected chi connectivity index (χ1v) is 6.20. The van der Waals surface area contributed by atoms with Crippen molar-refractivity contribution in [2.45, 2.75) is 25.8 Å². The molecule has 1 aromatic rings. The van der Waals surface area contributed by atoms with Gasteiger partial charge in [0.25, 0.3) is 0 Å². The number of likely N-dealkylation sites (N-methyl/N-ethyl adjacent to an activating group) is 1. The maximum Gasteiger partial charge on any atom is 0.228 e. The molecule has 1 heterocycles. The first kappa shape index (κ1) is 12.1. The number of hydrogen-bond acceptors (Lipinski definition) is 5. The molecule has 0 bridgehead atoms. The summed E-state index contributed by atoms with van der Waals surface area (Å²) in [7, 11) is 2.00. The monoisotopic (exact) mass is 236 g/mol. The summed E-state index contributed by atoms with van der Waals surface area (Å²) in [5, 5.41) is 3.47. The fraction of sp³-hybridized carbons (Fsp3) is 0.667. The van der Waals surface area contributed by atoms with E-state index in [0.717, 1.165) is 19.1 Å². The minimum atomic E-state index is 0.628. The maximum atomic E-state index is 5.36. The van der Waals surface area contributed by atoms with Gasteiger partial charge >= 0.3 is 0 Å². The van der Waals surface area contributed by atoms with Gasteiger partial charge in [-0.1, -0.05) is 0 Å². The van der Waals surface area contributed by atoms with Gasteiger partial charge in [0.05, 0.1) is 6.61 Å². The Kier molecular flexibility index (Phi) is 4.14. The zero-order chi connectivity index (χ0) is 12.1. The topological polar surface area (TPSA) is 50.3 Å². The van der Waals surface area contributed by atoms with Crippen LogP contribution in [0, 0.1) is 0 Å². The Morgan fingerprint density at radius 1 is 1.53 bits per heavy atom. The Labute approximate surface area is 102 Å². The highest BCUT2D eigenvalue weighted by Gasteiger charge is 2.19. The molecule has 1 N–H and O–H groups in total. The van der Waals surface area contributed by atoms with Gasteiger partial charge in [-0.3, -0.25) is 0 Å². The quantitative estimate of drug-likeness (QED) is 0.767. The fourth-order valence-electron chi connectivity index (χ4n) is 1.57. The molecule has 5 heteroatoms. The first-order chi connectivity index (χ1) is 8.29. The fourth-order valence-corrected chi connectivity index (χ4v) is 1.57. The van der Waals surface area contributed by atoms with Crippen LogP contribution >= 0.6 is 0 Å². The molecule has 0 aliphatic heterocycles.